The molecule has 0 fully saturated rings. The molecule has 2 rings (SSSR count). The van der Waals surface area contributed by atoms with Crippen molar-refractivity contribution < 1.29 is 9.53 Å². The number of aryl methyl sites for hydroxylation is 1. The average molecular weight is 401 g/mol. The van der Waals surface area contributed by atoms with Gasteiger partial charge in [0.05, 0.1) is 12.2 Å². The first-order valence-electron chi connectivity index (χ1n) is 9.23. The van der Waals surface area contributed by atoms with E-state index in [0.717, 1.165) is 22.5 Å². The fourth-order valence-corrected chi connectivity index (χ4v) is 2.97. The number of nitrogens with zero attached hydrogens (tertiary/aromatic N) is 3. The molecule has 1 aromatic heterocycles. The molecule has 0 atom stereocenters. The molecule has 1 aromatic carbocycles. The lowest BCUT2D eigenvalue weighted by atomic mass is 10.1. The van der Waals surface area contributed by atoms with Crippen LogP contribution in [0.5, 0.6) is 0 Å². The number of carbonyl (C=O) groups is 1. The van der Waals surface area contributed by atoms with Crippen LogP contribution in [-0.4, -0.2) is 35.4 Å². The van der Waals surface area contributed by atoms with Crippen molar-refractivity contribution in [2.45, 2.75) is 33.7 Å². The summed E-state index contributed by atoms with van der Waals surface area (Å²) in [6.45, 7) is 7.90. The number of benzene rings is 1. The molecule has 1 amide bonds. The van der Waals surface area contributed by atoms with Gasteiger partial charge in [0.2, 0.25) is 0 Å². The zero-order valence-electron chi connectivity index (χ0n) is 16.5. The zero-order chi connectivity index (χ0) is 20.5. The van der Waals surface area contributed by atoms with Crippen LogP contribution in [0.15, 0.2) is 29.8 Å². The predicted octanol–water partition coefficient (Wildman–Crippen LogP) is 3.65. The summed E-state index contributed by atoms with van der Waals surface area (Å²) in [7, 11) is 0. The summed E-state index contributed by atoms with van der Waals surface area (Å²) in [5.74, 6) is -0.392. The maximum Gasteiger partial charge on any atom is 0.261 e. The molecule has 6 nitrogen and oxygen atoms in total. The minimum absolute atomic E-state index is 0.0555. The van der Waals surface area contributed by atoms with Gasteiger partial charge in [-0.05, 0) is 44.9 Å². The molecule has 0 saturated carbocycles. The van der Waals surface area contributed by atoms with E-state index >= 15 is 0 Å². The zero-order valence-corrected chi connectivity index (χ0v) is 17.2. The van der Waals surface area contributed by atoms with Gasteiger partial charge in [-0.15, -0.1) is 0 Å². The number of amides is 1. The van der Waals surface area contributed by atoms with Gasteiger partial charge in [0.15, 0.2) is 0 Å². The third kappa shape index (κ3) is 5.69. The maximum absolute atomic E-state index is 12.3. The highest BCUT2D eigenvalue weighted by atomic mass is 35.5. The van der Waals surface area contributed by atoms with E-state index in [-0.39, 0.29) is 5.57 Å². The van der Waals surface area contributed by atoms with E-state index in [9.17, 15) is 10.1 Å². The molecule has 0 unspecified atom stereocenters. The minimum Gasteiger partial charge on any atom is -0.382 e. The Morgan fingerprint density at radius 1 is 1.39 bits per heavy atom. The quantitative estimate of drug-likeness (QED) is 0.396. The number of hydrogen-bond donors (Lipinski definition) is 1. The van der Waals surface area contributed by atoms with Gasteiger partial charge in [0.25, 0.3) is 5.91 Å². The number of carbonyl (C=O) groups excluding carboxylic acids is 1. The molecule has 0 radical (unpaired) electrons. The summed E-state index contributed by atoms with van der Waals surface area (Å²) in [6.07, 6.45) is 2.30. The second kappa shape index (κ2) is 10.6. The molecule has 1 heterocycles. The smallest absolute Gasteiger partial charge is 0.261 e. The Kier molecular flexibility index (Phi) is 8.24. The van der Waals surface area contributed by atoms with E-state index in [1.807, 2.05) is 55.8 Å². The Hall–Kier alpha value is -2.62. The van der Waals surface area contributed by atoms with Crippen molar-refractivity contribution in [2.75, 3.05) is 19.8 Å². The fourth-order valence-electron chi connectivity index (χ4n) is 2.77. The van der Waals surface area contributed by atoms with Crippen molar-refractivity contribution >= 4 is 23.6 Å². The fraction of sp³-hybridized carbons (Fsp3) is 0.381. The van der Waals surface area contributed by atoms with Crippen LogP contribution in [0.1, 0.15) is 35.9 Å². The lowest BCUT2D eigenvalue weighted by Gasteiger charge is -2.07. The topological polar surface area (TPSA) is 79.9 Å². The largest absolute Gasteiger partial charge is 0.382 e. The Morgan fingerprint density at radius 3 is 2.82 bits per heavy atom. The minimum atomic E-state index is -0.392. The lowest BCUT2D eigenvalue weighted by Crippen LogP contribution is -2.26. The van der Waals surface area contributed by atoms with Crippen LogP contribution >= 0.6 is 11.6 Å². The van der Waals surface area contributed by atoms with Crippen molar-refractivity contribution in [2.24, 2.45) is 0 Å². The van der Waals surface area contributed by atoms with E-state index in [2.05, 4.69) is 10.4 Å². The highest BCUT2D eigenvalue weighted by Crippen LogP contribution is 2.21. The van der Waals surface area contributed by atoms with Crippen LogP contribution in [0.25, 0.3) is 6.08 Å². The van der Waals surface area contributed by atoms with E-state index in [1.165, 1.54) is 0 Å². The van der Waals surface area contributed by atoms with E-state index < -0.39 is 5.91 Å². The second-order valence-electron chi connectivity index (χ2n) is 6.31. The molecule has 28 heavy (non-hydrogen) atoms. The Labute approximate surface area is 170 Å². The normalized spacial score (nSPS) is 11.3. The molecule has 0 spiro atoms. The van der Waals surface area contributed by atoms with E-state index in [0.29, 0.717) is 37.7 Å². The number of aromatic nitrogens is 2. The van der Waals surface area contributed by atoms with Crippen molar-refractivity contribution in [1.82, 2.24) is 15.1 Å². The third-order valence-corrected chi connectivity index (χ3v) is 4.69. The molecular formula is C21H25ClN4O2. The first-order chi connectivity index (χ1) is 13.5. The Bertz CT molecular complexity index is 896. The SMILES string of the molecule is CCOCCCNC(=O)/C(C#N)=C/c1c(C)nn(Cc2ccccc2Cl)c1C. The molecule has 0 aliphatic rings. The highest BCUT2D eigenvalue weighted by Gasteiger charge is 2.15. The van der Waals surface area contributed by atoms with Crippen LogP contribution in [0, 0.1) is 25.2 Å². The Morgan fingerprint density at radius 2 is 2.14 bits per heavy atom. The summed E-state index contributed by atoms with van der Waals surface area (Å²) in [6, 6.07) is 9.58. The average Bonchev–Trinajstić information content (AvgIpc) is 2.94. The highest BCUT2D eigenvalue weighted by molar-refractivity contribution is 6.31. The molecule has 0 aliphatic heterocycles. The van der Waals surface area contributed by atoms with Crippen LogP contribution in [-0.2, 0) is 16.1 Å². The molecule has 0 bridgehead atoms. The van der Waals surface area contributed by atoms with Gasteiger partial charge in [-0.1, -0.05) is 29.8 Å². The third-order valence-electron chi connectivity index (χ3n) is 4.32. The molecule has 0 saturated heterocycles. The van der Waals surface area contributed by atoms with Crippen molar-refractivity contribution in [3.8, 4) is 6.07 Å². The van der Waals surface area contributed by atoms with Crippen LogP contribution in [0.2, 0.25) is 5.02 Å². The summed E-state index contributed by atoms with van der Waals surface area (Å²) in [5, 5.41) is 17.4. The van der Waals surface area contributed by atoms with Gasteiger partial charge in [-0.3, -0.25) is 9.48 Å². The van der Waals surface area contributed by atoms with Gasteiger partial charge in [-0.2, -0.15) is 10.4 Å². The molecular weight excluding hydrogens is 376 g/mol. The first kappa shape index (κ1) is 21.7. The van der Waals surface area contributed by atoms with E-state index in [1.54, 1.807) is 6.08 Å². The Balaban J connectivity index is 2.15. The summed E-state index contributed by atoms with van der Waals surface area (Å²) in [4.78, 5) is 12.3. The first-order valence-corrected chi connectivity index (χ1v) is 9.60. The van der Waals surface area contributed by atoms with E-state index in [4.69, 9.17) is 16.3 Å². The van der Waals surface area contributed by atoms with Crippen molar-refractivity contribution in [3.63, 3.8) is 0 Å². The molecule has 148 valence electrons. The van der Waals surface area contributed by atoms with Gasteiger partial charge in [0.1, 0.15) is 11.6 Å². The number of hydrogen-bond acceptors (Lipinski definition) is 4. The van der Waals surface area contributed by atoms with Crippen molar-refractivity contribution in [1.29, 1.82) is 5.26 Å². The second-order valence-corrected chi connectivity index (χ2v) is 6.72. The van der Waals surface area contributed by atoms with Crippen LogP contribution in [0.4, 0.5) is 0 Å². The lowest BCUT2D eigenvalue weighted by molar-refractivity contribution is -0.117. The van der Waals surface area contributed by atoms with Crippen LogP contribution in [0.3, 0.4) is 0 Å². The maximum atomic E-state index is 12.3. The molecule has 1 N–H and O–H groups in total. The number of nitriles is 1. The van der Waals surface area contributed by atoms with Crippen LogP contribution < -0.4 is 5.32 Å². The monoisotopic (exact) mass is 400 g/mol. The van der Waals surface area contributed by atoms with Gasteiger partial charge < -0.3 is 10.1 Å². The molecule has 7 heteroatoms. The number of rotatable bonds is 9. The molecule has 2 aromatic rings. The standard InChI is InChI=1S/C21H25ClN4O2/c1-4-28-11-7-10-24-21(27)18(13-23)12-19-15(2)25-26(16(19)3)14-17-8-5-6-9-20(17)22/h5-6,8-9,12H,4,7,10-11,14H2,1-3H3,(H,24,27)/b18-12+. The summed E-state index contributed by atoms with van der Waals surface area (Å²) in [5.41, 5.74) is 3.40. The number of nitrogens with one attached hydrogen (secondary N) is 1. The van der Waals surface area contributed by atoms with Gasteiger partial charge >= 0.3 is 0 Å². The van der Waals surface area contributed by atoms with Crippen molar-refractivity contribution in [3.05, 3.63) is 57.4 Å². The summed E-state index contributed by atoms with van der Waals surface area (Å²) >= 11 is 6.24. The van der Waals surface area contributed by atoms with Gasteiger partial charge in [-0.25, -0.2) is 0 Å². The predicted molar refractivity (Wildman–Crippen MR) is 110 cm³/mol. The summed E-state index contributed by atoms with van der Waals surface area (Å²) < 4.78 is 7.07. The number of halogens is 1. The van der Waals surface area contributed by atoms with Gasteiger partial charge in [0, 0.05) is 36.0 Å². The number of ether oxygens (including phenoxy) is 1. The molecule has 0 aliphatic carbocycles.